The number of sulfonamides is 1. The van der Waals surface area contributed by atoms with Gasteiger partial charge >= 0.3 is 0 Å². The summed E-state index contributed by atoms with van der Waals surface area (Å²) in [5, 5.41) is 4.12. The van der Waals surface area contributed by atoms with E-state index in [2.05, 4.69) is 9.82 Å². The maximum Gasteiger partial charge on any atom is 0.263 e. The van der Waals surface area contributed by atoms with Crippen molar-refractivity contribution in [3.63, 3.8) is 0 Å². The number of anilines is 1. The molecule has 0 aliphatic heterocycles. The molecule has 0 aliphatic carbocycles. The van der Waals surface area contributed by atoms with Gasteiger partial charge in [-0.3, -0.25) is 9.40 Å². The lowest BCUT2D eigenvalue weighted by Crippen LogP contribution is -2.15. The van der Waals surface area contributed by atoms with Gasteiger partial charge in [-0.25, -0.2) is 8.42 Å². The minimum Gasteiger partial charge on any atom is -0.271 e. The minimum absolute atomic E-state index is 0.290. The fourth-order valence-electron chi connectivity index (χ4n) is 1.78. The molecule has 0 amide bonds. The Morgan fingerprint density at radius 1 is 1.26 bits per heavy atom. The molecule has 5 nitrogen and oxygen atoms in total. The normalized spacial score (nSPS) is 11.5. The van der Waals surface area contributed by atoms with Crippen LogP contribution in [0.1, 0.15) is 18.1 Å². The number of benzene rings is 1. The largest absolute Gasteiger partial charge is 0.271 e. The molecule has 2 aromatic rings. The molecule has 6 heteroatoms. The van der Waals surface area contributed by atoms with E-state index in [1.807, 2.05) is 19.9 Å². The Bertz CT molecular complexity index is 690. The molecule has 2 rings (SSSR count). The summed E-state index contributed by atoms with van der Waals surface area (Å²) in [6, 6.07) is 7.00. The van der Waals surface area contributed by atoms with Gasteiger partial charge in [0.05, 0.1) is 4.90 Å². The smallest absolute Gasteiger partial charge is 0.263 e. The Labute approximate surface area is 113 Å². The second-order valence-electron chi connectivity index (χ2n) is 4.43. The van der Waals surface area contributed by atoms with Crippen molar-refractivity contribution in [1.82, 2.24) is 9.78 Å². The van der Waals surface area contributed by atoms with Gasteiger partial charge in [0.2, 0.25) is 0 Å². The summed E-state index contributed by atoms with van der Waals surface area (Å²) in [4.78, 5) is 0.290. The van der Waals surface area contributed by atoms with E-state index in [-0.39, 0.29) is 0 Å². The molecule has 0 spiro atoms. The summed E-state index contributed by atoms with van der Waals surface area (Å²) >= 11 is 0. The molecule has 0 saturated heterocycles. The van der Waals surface area contributed by atoms with E-state index < -0.39 is 10.0 Å². The lowest BCUT2D eigenvalue weighted by Gasteiger charge is -2.09. The average molecular weight is 279 g/mol. The quantitative estimate of drug-likeness (QED) is 0.934. The predicted molar refractivity (Wildman–Crippen MR) is 74.6 cm³/mol. The molecule has 1 aromatic heterocycles. The van der Waals surface area contributed by atoms with Crippen LogP contribution in [0.2, 0.25) is 0 Å². The first-order valence-corrected chi connectivity index (χ1v) is 7.54. The second kappa shape index (κ2) is 5.05. The molecular formula is C13H17N3O2S. The van der Waals surface area contributed by atoms with Crippen molar-refractivity contribution in [2.24, 2.45) is 0 Å². The van der Waals surface area contributed by atoms with Gasteiger partial charge in [-0.15, -0.1) is 0 Å². The summed E-state index contributed by atoms with van der Waals surface area (Å²) < 4.78 is 28.8. The Kier molecular flexibility index (Phi) is 3.61. The highest BCUT2D eigenvalue weighted by Crippen LogP contribution is 2.19. The van der Waals surface area contributed by atoms with Crippen LogP contribution in [0.25, 0.3) is 0 Å². The number of aromatic nitrogens is 2. The summed E-state index contributed by atoms with van der Waals surface area (Å²) in [7, 11) is -3.59. The van der Waals surface area contributed by atoms with Crippen LogP contribution in [0.5, 0.6) is 0 Å². The molecule has 102 valence electrons. The molecule has 0 radical (unpaired) electrons. The van der Waals surface area contributed by atoms with Gasteiger partial charge < -0.3 is 0 Å². The monoisotopic (exact) mass is 279 g/mol. The third-order valence-corrected chi connectivity index (χ3v) is 4.33. The van der Waals surface area contributed by atoms with Gasteiger partial charge in [0, 0.05) is 18.8 Å². The number of hydrogen-bond acceptors (Lipinski definition) is 3. The highest BCUT2D eigenvalue weighted by molar-refractivity contribution is 7.92. The second-order valence-corrected chi connectivity index (χ2v) is 6.08. The van der Waals surface area contributed by atoms with Crippen LogP contribution in [0.4, 0.5) is 5.82 Å². The fraction of sp³-hybridized carbons (Fsp3) is 0.308. The molecule has 0 atom stereocenters. The molecule has 0 bridgehead atoms. The van der Waals surface area contributed by atoms with Crippen molar-refractivity contribution in [3.05, 3.63) is 41.6 Å². The summed E-state index contributed by atoms with van der Waals surface area (Å²) in [6.07, 6.45) is 1.74. The molecule has 1 heterocycles. The average Bonchev–Trinajstić information content (AvgIpc) is 2.79. The van der Waals surface area contributed by atoms with E-state index in [0.29, 0.717) is 22.8 Å². The minimum atomic E-state index is -3.59. The molecule has 1 aromatic carbocycles. The standard InChI is InChI=1S/C13H17N3O2S/c1-4-16-8-7-13(14-16)15-19(17,18)12-9-10(2)5-6-11(12)3/h5-9H,4H2,1-3H3,(H,14,15). The van der Waals surface area contributed by atoms with E-state index >= 15 is 0 Å². The van der Waals surface area contributed by atoms with E-state index in [4.69, 9.17) is 0 Å². The van der Waals surface area contributed by atoms with Gasteiger partial charge in [0.25, 0.3) is 10.0 Å². The number of rotatable bonds is 4. The van der Waals surface area contributed by atoms with Crippen molar-refractivity contribution in [1.29, 1.82) is 0 Å². The van der Waals surface area contributed by atoms with Crippen molar-refractivity contribution in [2.75, 3.05) is 4.72 Å². The van der Waals surface area contributed by atoms with Crippen LogP contribution in [0.15, 0.2) is 35.4 Å². The molecule has 1 N–H and O–H groups in total. The van der Waals surface area contributed by atoms with Crippen molar-refractivity contribution < 1.29 is 8.42 Å². The van der Waals surface area contributed by atoms with Gasteiger partial charge in [0.1, 0.15) is 0 Å². The van der Waals surface area contributed by atoms with Crippen LogP contribution in [-0.4, -0.2) is 18.2 Å². The fourth-order valence-corrected chi connectivity index (χ4v) is 3.11. The maximum atomic E-state index is 12.3. The molecule has 0 aliphatic rings. The highest BCUT2D eigenvalue weighted by Gasteiger charge is 2.18. The van der Waals surface area contributed by atoms with Crippen LogP contribution in [-0.2, 0) is 16.6 Å². The molecule has 0 saturated carbocycles. The molecule has 0 unspecified atom stereocenters. The number of nitrogens with one attached hydrogen (secondary N) is 1. The first kappa shape index (κ1) is 13.6. The predicted octanol–water partition coefficient (Wildman–Crippen LogP) is 2.32. The van der Waals surface area contributed by atoms with Crippen molar-refractivity contribution in [2.45, 2.75) is 32.2 Å². The Morgan fingerprint density at radius 2 is 2.00 bits per heavy atom. The van der Waals surface area contributed by atoms with Gasteiger partial charge in [-0.1, -0.05) is 12.1 Å². The SMILES string of the molecule is CCn1ccc(NS(=O)(=O)c2cc(C)ccc2C)n1. The number of hydrogen-bond donors (Lipinski definition) is 1. The Balaban J connectivity index is 2.34. The zero-order chi connectivity index (χ0) is 14.0. The first-order valence-electron chi connectivity index (χ1n) is 6.06. The van der Waals surface area contributed by atoms with E-state index in [9.17, 15) is 8.42 Å². The zero-order valence-corrected chi connectivity index (χ0v) is 12.0. The lowest BCUT2D eigenvalue weighted by atomic mass is 10.2. The van der Waals surface area contributed by atoms with Crippen LogP contribution >= 0.6 is 0 Å². The summed E-state index contributed by atoms with van der Waals surface area (Å²) in [5.74, 6) is 0.336. The summed E-state index contributed by atoms with van der Waals surface area (Å²) in [5.41, 5.74) is 1.62. The zero-order valence-electron chi connectivity index (χ0n) is 11.2. The first-order chi connectivity index (χ1) is 8.92. The number of nitrogens with zero attached hydrogens (tertiary/aromatic N) is 2. The lowest BCUT2D eigenvalue weighted by molar-refractivity contribution is 0.599. The maximum absolute atomic E-state index is 12.3. The van der Waals surface area contributed by atoms with Gasteiger partial charge in [0.15, 0.2) is 5.82 Å². The summed E-state index contributed by atoms with van der Waals surface area (Å²) in [6.45, 7) is 6.28. The van der Waals surface area contributed by atoms with E-state index in [0.717, 1.165) is 5.56 Å². The number of aryl methyl sites for hydroxylation is 3. The Hall–Kier alpha value is -1.82. The van der Waals surface area contributed by atoms with Crippen molar-refractivity contribution >= 4 is 15.8 Å². The highest BCUT2D eigenvalue weighted by atomic mass is 32.2. The third-order valence-electron chi connectivity index (χ3n) is 2.84. The van der Waals surface area contributed by atoms with Gasteiger partial charge in [-0.05, 0) is 38.0 Å². The third kappa shape index (κ3) is 2.96. The molecular weight excluding hydrogens is 262 g/mol. The van der Waals surface area contributed by atoms with Gasteiger partial charge in [-0.2, -0.15) is 5.10 Å². The van der Waals surface area contributed by atoms with Crippen LogP contribution < -0.4 is 4.72 Å². The molecule has 0 fully saturated rings. The molecule has 19 heavy (non-hydrogen) atoms. The van der Waals surface area contributed by atoms with Crippen LogP contribution in [0.3, 0.4) is 0 Å². The van der Waals surface area contributed by atoms with Crippen molar-refractivity contribution in [3.8, 4) is 0 Å². The van der Waals surface area contributed by atoms with Crippen LogP contribution in [0, 0.1) is 13.8 Å². The van der Waals surface area contributed by atoms with E-state index in [1.54, 1.807) is 36.0 Å². The van der Waals surface area contributed by atoms with E-state index in [1.165, 1.54) is 0 Å². The topological polar surface area (TPSA) is 64.0 Å². The Morgan fingerprint density at radius 3 is 2.63 bits per heavy atom.